The van der Waals surface area contributed by atoms with Gasteiger partial charge in [0.05, 0.1) is 0 Å². The smallest absolute Gasteiger partial charge is 0.325 e. The maximum atomic E-state index is 13.0. The zero-order valence-electron chi connectivity index (χ0n) is 17.4. The molecule has 0 aromatic heterocycles. The number of nitrogens with one attached hydrogen (secondary N) is 2. The predicted molar refractivity (Wildman–Crippen MR) is 120 cm³/mol. The lowest BCUT2D eigenvalue weighted by atomic mass is 9.92. The maximum absolute atomic E-state index is 13.0. The summed E-state index contributed by atoms with van der Waals surface area (Å²) in [5.74, 6) is -0.959. The second-order valence-electron chi connectivity index (χ2n) is 8.07. The first-order chi connectivity index (χ1) is 14.9. The van der Waals surface area contributed by atoms with Crippen LogP contribution in [0.25, 0.3) is 0 Å². The van der Waals surface area contributed by atoms with Crippen LogP contribution < -0.4 is 15.5 Å². The second-order valence-corrected chi connectivity index (χ2v) is 8.48. The molecule has 2 aliphatic heterocycles. The van der Waals surface area contributed by atoms with E-state index in [0.717, 1.165) is 23.7 Å². The van der Waals surface area contributed by atoms with Crippen molar-refractivity contribution in [2.24, 2.45) is 0 Å². The molecular weight excluding hydrogens is 416 g/mol. The van der Waals surface area contributed by atoms with E-state index in [4.69, 9.17) is 11.6 Å². The fourth-order valence-electron chi connectivity index (χ4n) is 4.14. The molecule has 4 rings (SSSR count). The van der Waals surface area contributed by atoms with Crippen LogP contribution in [0.2, 0.25) is 5.02 Å². The molecule has 8 heteroatoms. The molecule has 0 unspecified atom stereocenters. The van der Waals surface area contributed by atoms with E-state index in [1.54, 1.807) is 31.2 Å². The van der Waals surface area contributed by atoms with E-state index in [1.807, 2.05) is 24.3 Å². The van der Waals surface area contributed by atoms with Crippen LogP contribution in [-0.4, -0.2) is 42.4 Å². The van der Waals surface area contributed by atoms with Crippen LogP contribution in [-0.2, 0) is 15.1 Å². The van der Waals surface area contributed by atoms with Crippen LogP contribution >= 0.6 is 11.6 Å². The number of carbonyl (C=O) groups excluding carboxylic acids is 3. The molecule has 0 saturated carbocycles. The number of benzene rings is 2. The van der Waals surface area contributed by atoms with Crippen molar-refractivity contribution < 1.29 is 14.4 Å². The van der Waals surface area contributed by atoms with Crippen molar-refractivity contribution in [3.05, 3.63) is 59.1 Å². The van der Waals surface area contributed by atoms with Gasteiger partial charge < -0.3 is 15.5 Å². The van der Waals surface area contributed by atoms with Gasteiger partial charge in [0.2, 0.25) is 5.91 Å². The van der Waals surface area contributed by atoms with Gasteiger partial charge in [-0.2, -0.15) is 0 Å². The highest BCUT2D eigenvalue weighted by Crippen LogP contribution is 2.33. The Morgan fingerprint density at radius 2 is 1.74 bits per heavy atom. The second kappa shape index (κ2) is 8.59. The minimum Gasteiger partial charge on any atom is -0.372 e. The minimum atomic E-state index is -1.31. The lowest BCUT2D eigenvalue weighted by Gasteiger charge is -2.28. The Hall–Kier alpha value is -3.06. The van der Waals surface area contributed by atoms with Gasteiger partial charge in [0.1, 0.15) is 12.1 Å². The number of carbonyl (C=O) groups is 3. The third-order valence-corrected chi connectivity index (χ3v) is 6.19. The Kier molecular flexibility index (Phi) is 5.87. The summed E-state index contributed by atoms with van der Waals surface area (Å²) in [6, 6.07) is 13.8. The molecule has 0 radical (unpaired) electrons. The van der Waals surface area contributed by atoms with E-state index < -0.39 is 23.4 Å². The normalized spacial score (nSPS) is 21.2. The van der Waals surface area contributed by atoms with Crippen LogP contribution in [0.5, 0.6) is 0 Å². The zero-order chi connectivity index (χ0) is 22.0. The first kappa shape index (κ1) is 21.2. The van der Waals surface area contributed by atoms with Gasteiger partial charge in [-0.3, -0.25) is 14.5 Å². The molecule has 7 nitrogen and oxygen atoms in total. The lowest BCUT2D eigenvalue weighted by molar-refractivity contribution is -0.133. The van der Waals surface area contributed by atoms with E-state index in [9.17, 15) is 14.4 Å². The van der Waals surface area contributed by atoms with E-state index in [1.165, 1.54) is 19.3 Å². The van der Waals surface area contributed by atoms with E-state index in [2.05, 4.69) is 15.5 Å². The molecule has 0 spiro atoms. The maximum Gasteiger partial charge on any atom is 0.325 e. The van der Waals surface area contributed by atoms with Crippen molar-refractivity contribution in [1.29, 1.82) is 0 Å². The quantitative estimate of drug-likeness (QED) is 0.694. The highest BCUT2D eigenvalue weighted by Gasteiger charge is 2.50. The number of imide groups is 1. The summed E-state index contributed by atoms with van der Waals surface area (Å²) in [5.41, 5.74) is 0.923. The molecule has 2 aromatic rings. The SMILES string of the molecule is C[C@]1(c2ccccc2Cl)NC(=O)N(CC(=O)Nc2ccc(N3CCCCC3)cc2)C1=O. The summed E-state index contributed by atoms with van der Waals surface area (Å²) in [4.78, 5) is 41.2. The summed E-state index contributed by atoms with van der Waals surface area (Å²) in [5, 5.41) is 5.80. The van der Waals surface area contributed by atoms with Crippen molar-refractivity contribution in [1.82, 2.24) is 10.2 Å². The average molecular weight is 441 g/mol. The largest absolute Gasteiger partial charge is 0.372 e. The highest BCUT2D eigenvalue weighted by molar-refractivity contribution is 6.32. The molecule has 4 amide bonds. The van der Waals surface area contributed by atoms with Crippen molar-refractivity contribution >= 4 is 40.8 Å². The molecule has 2 heterocycles. The molecule has 2 aliphatic rings. The Labute approximate surface area is 186 Å². The van der Waals surface area contributed by atoms with E-state index in [-0.39, 0.29) is 6.54 Å². The molecule has 2 saturated heterocycles. The van der Waals surface area contributed by atoms with Crippen LogP contribution in [0.3, 0.4) is 0 Å². The molecule has 0 bridgehead atoms. The van der Waals surface area contributed by atoms with Gasteiger partial charge in [-0.15, -0.1) is 0 Å². The fraction of sp³-hybridized carbons (Fsp3) is 0.348. The van der Waals surface area contributed by atoms with Gasteiger partial charge in [0, 0.05) is 35.1 Å². The van der Waals surface area contributed by atoms with Crippen LogP contribution in [0.4, 0.5) is 16.2 Å². The van der Waals surface area contributed by atoms with Gasteiger partial charge in [-0.25, -0.2) is 4.79 Å². The minimum absolute atomic E-state index is 0.374. The Bertz CT molecular complexity index is 1000. The summed E-state index contributed by atoms with van der Waals surface area (Å²) < 4.78 is 0. The van der Waals surface area contributed by atoms with Gasteiger partial charge in [-0.1, -0.05) is 29.8 Å². The molecule has 162 valence electrons. The molecule has 2 fully saturated rings. The average Bonchev–Trinajstić information content (AvgIpc) is 2.99. The standard InChI is InChI=1S/C23H25ClN4O3/c1-23(18-7-3-4-8-19(18)24)21(30)28(22(31)26-23)15-20(29)25-16-9-11-17(12-10-16)27-13-5-2-6-14-27/h3-4,7-12H,2,5-6,13-15H2,1H3,(H,25,29)(H,26,31)/t23-/m1/s1. The van der Waals surface area contributed by atoms with E-state index >= 15 is 0 Å². The molecule has 0 aliphatic carbocycles. The van der Waals surface area contributed by atoms with Gasteiger partial charge in [-0.05, 0) is 56.5 Å². The number of rotatable bonds is 5. The number of anilines is 2. The van der Waals surface area contributed by atoms with Crippen molar-refractivity contribution in [2.45, 2.75) is 31.7 Å². The molecule has 2 aromatic carbocycles. The van der Waals surface area contributed by atoms with Crippen LogP contribution in [0, 0.1) is 0 Å². The number of nitrogens with zero attached hydrogens (tertiary/aromatic N) is 2. The van der Waals surface area contributed by atoms with E-state index in [0.29, 0.717) is 16.3 Å². The Balaban J connectivity index is 1.41. The fourth-order valence-corrected chi connectivity index (χ4v) is 4.47. The number of piperidine rings is 1. The van der Waals surface area contributed by atoms with Crippen molar-refractivity contribution in [3.63, 3.8) is 0 Å². The third-order valence-electron chi connectivity index (χ3n) is 5.86. The van der Waals surface area contributed by atoms with Gasteiger partial charge in [0.15, 0.2) is 0 Å². The topological polar surface area (TPSA) is 81.8 Å². The lowest BCUT2D eigenvalue weighted by Crippen LogP contribution is -2.42. The highest BCUT2D eigenvalue weighted by atomic mass is 35.5. The number of amides is 4. The summed E-state index contributed by atoms with van der Waals surface area (Å²) in [6.45, 7) is 3.30. The van der Waals surface area contributed by atoms with Gasteiger partial charge >= 0.3 is 6.03 Å². The Morgan fingerprint density at radius 3 is 2.42 bits per heavy atom. The van der Waals surface area contributed by atoms with Gasteiger partial charge in [0.25, 0.3) is 5.91 Å². The first-order valence-electron chi connectivity index (χ1n) is 10.4. The third kappa shape index (κ3) is 4.23. The molecular formula is C23H25ClN4O3. The summed E-state index contributed by atoms with van der Waals surface area (Å²) in [7, 11) is 0. The summed E-state index contributed by atoms with van der Waals surface area (Å²) in [6.07, 6.45) is 3.65. The van der Waals surface area contributed by atoms with Crippen molar-refractivity contribution in [3.8, 4) is 0 Å². The number of hydrogen-bond acceptors (Lipinski definition) is 4. The zero-order valence-corrected chi connectivity index (χ0v) is 18.1. The monoisotopic (exact) mass is 440 g/mol. The molecule has 1 atom stereocenters. The van der Waals surface area contributed by atoms with Crippen LogP contribution in [0.1, 0.15) is 31.7 Å². The first-order valence-corrected chi connectivity index (χ1v) is 10.8. The molecule has 31 heavy (non-hydrogen) atoms. The number of urea groups is 1. The Morgan fingerprint density at radius 1 is 1.06 bits per heavy atom. The molecule has 2 N–H and O–H groups in total. The summed E-state index contributed by atoms with van der Waals surface area (Å²) >= 11 is 6.23. The number of hydrogen-bond donors (Lipinski definition) is 2. The number of halogens is 1. The predicted octanol–water partition coefficient (Wildman–Crippen LogP) is 3.74. The van der Waals surface area contributed by atoms with Crippen LogP contribution in [0.15, 0.2) is 48.5 Å². The van der Waals surface area contributed by atoms with Crippen molar-refractivity contribution in [2.75, 3.05) is 29.9 Å².